The Labute approximate surface area is 121 Å². The molecule has 1 saturated heterocycles. The zero-order chi connectivity index (χ0) is 14.4. The maximum atomic E-state index is 10.2. The van der Waals surface area contributed by atoms with Crippen molar-refractivity contribution in [2.24, 2.45) is 5.92 Å². The second kappa shape index (κ2) is 7.44. The molecule has 0 aliphatic carbocycles. The highest BCUT2D eigenvalue weighted by atomic mass is 16.5. The minimum absolute atomic E-state index is 0.537. The fourth-order valence-electron chi connectivity index (χ4n) is 2.94. The van der Waals surface area contributed by atoms with E-state index in [-0.39, 0.29) is 0 Å². The first kappa shape index (κ1) is 15.0. The molecule has 1 aromatic carbocycles. The van der Waals surface area contributed by atoms with Crippen molar-refractivity contribution in [2.75, 3.05) is 19.7 Å². The van der Waals surface area contributed by atoms with E-state index >= 15 is 0 Å². The minimum Gasteiger partial charge on any atom is -0.468 e. The summed E-state index contributed by atoms with van der Waals surface area (Å²) in [5.74, 6) is 1.76. The Morgan fingerprint density at radius 3 is 2.70 bits per heavy atom. The van der Waals surface area contributed by atoms with Crippen molar-refractivity contribution in [3.05, 3.63) is 35.4 Å². The van der Waals surface area contributed by atoms with Gasteiger partial charge in [0.25, 0.3) is 6.47 Å². The van der Waals surface area contributed by atoms with E-state index in [2.05, 4.69) is 43.4 Å². The van der Waals surface area contributed by atoms with Gasteiger partial charge in [-0.2, -0.15) is 0 Å². The summed E-state index contributed by atoms with van der Waals surface area (Å²) < 4.78 is 4.81. The van der Waals surface area contributed by atoms with Crippen LogP contribution in [-0.2, 0) is 9.53 Å². The van der Waals surface area contributed by atoms with Gasteiger partial charge in [-0.15, -0.1) is 0 Å². The van der Waals surface area contributed by atoms with Gasteiger partial charge < -0.3 is 10.1 Å². The number of hydrogen-bond acceptors (Lipinski definition) is 3. The first-order valence-corrected chi connectivity index (χ1v) is 7.56. The van der Waals surface area contributed by atoms with Gasteiger partial charge >= 0.3 is 0 Å². The zero-order valence-electron chi connectivity index (χ0n) is 12.5. The van der Waals surface area contributed by atoms with E-state index in [1.165, 1.54) is 17.5 Å². The number of nitrogens with one attached hydrogen (secondary N) is 1. The zero-order valence-corrected chi connectivity index (χ0v) is 12.5. The average Bonchev–Trinajstić information content (AvgIpc) is 2.48. The molecule has 1 fully saturated rings. The summed E-state index contributed by atoms with van der Waals surface area (Å²) in [6.07, 6.45) is 2.13. The van der Waals surface area contributed by atoms with Gasteiger partial charge in [-0.05, 0) is 48.3 Å². The van der Waals surface area contributed by atoms with E-state index in [0.717, 1.165) is 19.5 Å². The molecule has 2 rings (SSSR count). The van der Waals surface area contributed by atoms with E-state index in [4.69, 9.17) is 4.74 Å². The Morgan fingerprint density at radius 2 is 2.05 bits per heavy atom. The van der Waals surface area contributed by atoms with Crippen molar-refractivity contribution in [3.8, 4) is 0 Å². The van der Waals surface area contributed by atoms with E-state index in [1.807, 2.05) is 0 Å². The molecule has 2 unspecified atom stereocenters. The second-order valence-corrected chi connectivity index (χ2v) is 6.03. The summed E-state index contributed by atoms with van der Waals surface area (Å²) in [5, 5.41) is 3.50. The molecule has 1 N–H and O–H groups in total. The standard InChI is InChI=1S/C17H25NO2/c1-13(2)15-3-5-16(6-4-15)17-9-14(10-18-11-17)7-8-20-12-19/h3-6,12-14,17-18H,7-11H2,1-2H3. The van der Waals surface area contributed by atoms with E-state index in [1.54, 1.807) is 0 Å². The lowest BCUT2D eigenvalue weighted by atomic mass is 9.83. The van der Waals surface area contributed by atoms with E-state index in [0.29, 0.717) is 30.8 Å². The molecule has 0 spiro atoms. The number of carbonyl (C=O) groups excluding carboxylic acids is 1. The molecule has 1 aliphatic heterocycles. The molecule has 110 valence electrons. The quantitative estimate of drug-likeness (QED) is 0.640. The van der Waals surface area contributed by atoms with Gasteiger partial charge in [-0.1, -0.05) is 38.1 Å². The third-order valence-electron chi connectivity index (χ3n) is 4.23. The summed E-state index contributed by atoms with van der Waals surface area (Å²) in [7, 11) is 0. The van der Waals surface area contributed by atoms with Gasteiger partial charge in [0.2, 0.25) is 0 Å². The first-order valence-electron chi connectivity index (χ1n) is 7.56. The minimum atomic E-state index is 0.537. The molecule has 2 atom stereocenters. The normalized spacial score (nSPS) is 22.8. The Morgan fingerprint density at radius 1 is 1.30 bits per heavy atom. The third-order valence-corrected chi connectivity index (χ3v) is 4.23. The highest BCUT2D eigenvalue weighted by Gasteiger charge is 2.22. The molecule has 0 amide bonds. The van der Waals surface area contributed by atoms with Crippen LogP contribution in [0.15, 0.2) is 24.3 Å². The van der Waals surface area contributed by atoms with Crippen LogP contribution in [0.25, 0.3) is 0 Å². The molecule has 0 aromatic heterocycles. The van der Waals surface area contributed by atoms with Crippen LogP contribution in [0.4, 0.5) is 0 Å². The summed E-state index contributed by atoms with van der Waals surface area (Å²) in [4.78, 5) is 10.2. The lowest BCUT2D eigenvalue weighted by Crippen LogP contribution is -2.35. The van der Waals surface area contributed by atoms with E-state index < -0.39 is 0 Å². The molecule has 3 heteroatoms. The number of hydrogen-bond donors (Lipinski definition) is 1. The van der Waals surface area contributed by atoms with Gasteiger partial charge in [-0.25, -0.2) is 0 Å². The predicted octanol–water partition coefficient (Wildman–Crippen LogP) is 3.07. The molecule has 0 radical (unpaired) electrons. The monoisotopic (exact) mass is 275 g/mol. The maximum absolute atomic E-state index is 10.2. The van der Waals surface area contributed by atoms with Crippen LogP contribution in [0.5, 0.6) is 0 Å². The van der Waals surface area contributed by atoms with Crippen molar-refractivity contribution in [1.82, 2.24) is 5.32 Å². The largest absolute Gasteiger partial charge is 0.468 e. The fourth-order valence-corrected chi connectivity index (χ4v) is 2.94. The van der Waals surface area contributed by atoms with Crippen LogP contribution >= 0.6 is 0 Å². The highest BCUT2D eigenvalue weighted by Crippen LogP contribution is 2.29. The topological polar surface area (TPSA) is 38.3 Å². The lowest BCUT2D eigenvalue weighted by molar-refractivity contribution is -0.129. The van der Waals surface area contributed by atoms with Crippen LogP contribution in [0.2, 0.25) is 0 Å². The summed E-state index contributed by atoms with van der Waals surface area (Å²) in [6.45, 7) is 7.60. The molecule has 20 heavy (non-hydrogen) atoms. The van der Waals surface area contributed by atoms with E-state index in [9.17, 15) is 4.79 Å². The Hall–Kier alpha value is -1.35. The van der Waals surface area contributed by atoms with Gasteiger partial charge in [0.1, 0.15) is 0 Å². The molecule has 1 aromatic rings. The van der Waals surface area contributed by atoms with Gasteiger partial charge in [0, 0.05) is 6.54 Å². The predicted molar refractivity (Wildman–Crippen MR) is 80.9 cm³/mol. The average molecular weight is 275 g/mol. The summed E-state index contributed by atoms with van der Waals surface area (Å²) in [6, 6.07) is 9.04. The molecule has 0 bridgehead atoms. The molecule has 1 aliphatic rings. The number of benzene rings is 1. The number of ether oxygens (including phenoxy) is 1. The lowest BCUT2D eigenvalue weighted by Gasteiger charge is -2.30. The molecular weight excluding hydrogens is 250 g/mol. The van der Waals surface area contributed by atoms with Crippen LogP contribution in [0, 0.1) is 5.92 Å². The van der Waals surface area contributed by atoms with Crippen molar-refractivity contribution < 1.29 is 9.53 Å². The fraction of sp³-hybridized carbons (Fsp3) is 0.588. The highest BCUT2D eigenvalue weighted by molar-refractivity contribution is 5.36. The summed E-state index contributed by atoms with van der Waals surface area (Å²) >= 11 is 0. The van der Waals surface area contributed by atoms with Crippen molar-refractivity contribution in [2.45, 2.75) is 38.5 Å². The second-order valence-electron chi connectivity index (χ2n) is 6.03. The first-order chi connectivity index (χ1) is 9.70. The van der Waals surface area contributed by atoms with Gasteiger partial charge in [0.15, 0.2) is 0 Å². The smallest absolute Gasteiger partial charge is 0.293 e. The third kappa shape index (κ3) is 4.07. The molecule has 0 saturated carbocycles. The van der Waals surface area contributed by atoms with Crippen LogP contribution < -0.4 is 5.32 Å². The number of rotatable bonds is 6. The van der Waals surface area contributed by atoms with Gasteiger partial charge in [0.05, 0.1) is 6.61 Å². The van der Waals surface area contributed by atoms with Crippen LogP contribution in [0.1, 0.15) is 49.7 Å². The molecule has 3 nitrogen and oxygen atoms in total. The van der Waals surface area contributed by atoms with Crippen LogP contribution in [-0.4, -0.2) is 26.2 Å². The molecule has 1 heterocycles. The van der Waals surface area contributed by atoms with Gasteiger partial charge in [-0.3, -0.25) is 4.79 Å². The Bertz CT molecular complexity index is 414. The number of carbonyl (C=O) groups is 1. The van der Waals surface area contributed by atoms with Crippen molar-refractivity contribution in [1.29, 1.82) is 0 Å². The molecular formula is C17H25NO2. The van der Waals surface area contributed by atoms with Crippen molar-refractivity contribution >= 4 is 6.47 Å². The maximum Gasteiger partial charge on any atom is 0.293 e. The Balaban J connectivity index is 1.92. The van der Waals surface area contributed by atoms with Crippen LogP contribution in [0.3, 0.4) is 0 Å². The van der Waals surface area contributed by atoms with Crippen molar-refractivity contribution in [3.63, 3.8) is 0 Å². The Kier molecular flexibility index (Phi) is 5.60. The SMILES string of the molecule is CC(C)c1ccc(C2CNCC(CCOC=O)C2)cc1. The summed E-state index contributed by atoms with van der Waals surface area (Å²) in [5.41, 5.74) is 2.82. The number of piperidine rings is 1.